The minimum Gasteiger partial charge on any atom is -0.380 e. The van der Waals surface area contributed by atoms with E-state index >= 15 is 0 Å². The molecule has 1 aromatic rings. The number of rotatable bonds is 9. The number of benzene rings is 1. The van der Waals surface area contributed by atoms with Crippen LogP contribution in [0, 0.1) is 12.8 Å². The highest BCUT2D eigenvalue weighted by atomic mass is 16.5. The summed E-state index contributed by atoms with van der Waals surface area (Å²) in [4.78, 5) is 2.56. The lowest BCUT2D eigenvalue weighted by atomic mass is 10.1. The second kappa shape index (κ2) is 10.8. The summed E-state index contributed by atoms with van der Waals surface area (Å²) >= 11 is 0. The fourth-order valence-electron chi connectivity index (χ4n) is 3.08. The van der Waals surface area contributed by atoms with Gasteiger partial charge < -0.3 is 20.3 Å². The maximum absolute atomic E-state index is 5.94. The maximum Gasteiger partial charge on any atom is 0.0632 e. The van der Waals surface area contributed by atoms with Gasteiger partial charge in [-0.05, 0) is 43.5 Å². The van der Waals surface area contributed by atoms with E-state index in [2.05, 4.69) is 60.6 Å². The largest absolute Gasteiger partial charge is 0.380 e. The lowest BCUT2D eigenvalue weighted by Gasteiger charge is -2.27. The van der Waals surface area contributed by atoms with Gasteiger partial charge in [-0.25, -0.2) is 0 Å². The van der Waals surface area contributed by atoms with Crippen LogP contribution in [-0.2, 0) is 11.3 Å². The molecule has 2 N–H and O–H groups in total. The van der Waals surface area contributed by atoms with Gasteiger partial charge in [-0.15, -0.1) is 0 Å². The number of ether oxygens (including phenoxy) is 1. The van der Waals surface area contributed by atoms with Crippen molar-refractivity contribution in [1.29, 1.82) is 0 Å². The van der Waals surface area contributed by atoms with Crippen molar-refractivity contribution in [3.63, 3.8) is 0 Å². The number of hydrogen-bond donors (Lipinski definition) is 2. The molecular formula is C20H35N3O. The van der Waals surface area contributed by atoms with Crippen molar-refractivity contribution in [3.05, 3.63) is 35.4 Å². The number of nitrogens with zero attached hydrogens (tertiary/aromatic N) is 1. The molecule has 1 aromatic carbocycles. The van der Waals surface area contributed by atoms with Crippen LogP contribution < -0.4 is 10.6 Å². The zero-order valence-corrected chi connectivity index (χ0v) is 15.7. The van der Waals surface area contributed by atoms with Crippen molar-refractivity contribution in [2.75, 3.05) is 45.9 Å². The Bertz CT molecular complexity index is 456. The highest BCUT2D eigenvalue weighted by Crippen LogP contribution is 2.08. The molecule has 24 heavy (non-hydrogen) atoms. The number of nitrogens with one attached hydrogen (secondary N) is 2. The summed E-state index contributed by atoms with van der Waals surface area (Å²) in [6.45, 7) is 14.7. The third-order valence-corrected chi connectivity index (χ3v) is 4.52. The number of aryl methyl sites for hydroxylation is 1. The summed E-state index contributed by atoms with van der Waals surface area (Å²) < 4.78 is 5.94. The summed E-state index contributed by atoms with van der Waals surface area (Å²) in [6, 6.07) is 8.99. The molecule has 1 aliphatic heterocycles. The van der Waals surface area contributed by atoms with E-state index in [9.17, 15) is 0 Å². The van der Waals surface area contributed by atoms with E-state index in [1.54, 1.807) is 0 Å². The second-order valence-corrected chi connectivity index (χ2v) is 7.34. The van der Waals surface area contributed by atoms with Crippen molar-refractivity contribution in [2.24, 2.45) is 5.92 Å². The second-order valence-electron chi connectivity index (χ2n) is 7.34. The molecule has 0 aliphatic carbocycles. The van der Waals surface area contributed by atoms with Gasteiger partial charge in [-0.1, -0.05) is 38.1 Å². The summed E-state index contributed by atoms with van der Waals surface area (Å²) in [5, 5.41) is 7.21. The molecule has 0 saturated carbocycles. The standard InChI is InChI=1S/C20H35N3O/c1-17(2)15-24-16-20(14-23-11-6-9-21-10-12-23)22-13-19-8-5-4-7-18(19)3/h4-5,7-8,17,20-22H,6,9-16H2,1-3H3. The van der Waals surface area contributed by atoms with Crippen LogP contribution in [0.25, 0.3) is 0 Å². The van der Waals surface area contributed by atoms with E-state index in [0.29, 0.717) is 12.0 Å². The topological polar surface area (TPSA) is 36.5 Å². The van der Waals surface area contributed by atoms with E-state index in [4.69, 9.17) is 4.74 Å². The molecule has 1 saturated heterocycles. The van der Waals surface area contributed by atoms with Crippen LogP contribution in [0.15, 0.2) is 24.3 Å². The minimum absolute atomic E-state index is 0.376. The van der Waals surface area contributed by atoms with Gasteiger partial charge in [0.25, 0.3) is 0 Å². The van der Waals surface area contributed by atoms with Crippen LogP contribution >= 0.6 is 0 Å². The van der Waals surface area contributed by atoms with E-state index in [1.165, 1.54) is 24.1 Å². The molecule has 0 aromatic heterocycles. The Labute approximate surface area is 148 Å². The van der Waals surface area contributed by atoms with Gasteiger partial charge in [-0.2, -0.15) is 0 Å². The molecule has 0 bridgehead atoms. The fourth-order valence-corrected chi connectivity index (χ4v) is 3.08. The van der Waals surface area contributed by atoms with Crippen LogP contribution in [0.4, 0.5) is 0 Å². The zero-order chi connectivity index (χ0) is 17.2. The predicted molar refractivity (Wildman–Crippen MR) is 101 cm³/mol. The van der Waals surface area contributed by atoms with Crippen molar-refractivity contribution >= 4 is 0 Å². The third-order valence-electron chi connectivity index (χ3n) is 4.52. The van der Waals surface area contributed by atoms with E-state index < -0.39 is 0 Å². The Hall–Kier alpha value is -0.940. The van der Waals surface area contributed by atoms with Crippen LogP contribution in [-0.4, -0.2) is 56.9 Å². The Morgan fingerprint density at radius 2 is 2.00 bits per heavy atom. The van der Waals surface area contributed by atoms with Crippen LogP contribution in [0.2, 0.25) is 0 Å². The van der Waals surface area contributed by atoms with Crippen LogP contribution in [0.1, 0.15) is 31.4 Å². The third kappa shape index (κ3) is 7.31. The molecule has 0 spiro atoms. The average molecular weight is 334 g/mol. The molecule has 1 unspecified atom stereocenters. The Kier molecular flexibility index (Phi) is 8.75. The Balaban J connectivity index is 1.87. The highest BCUT2D eigenvalue weighted by molar-refractivity contribution is 5.25. The minimum atomic E-state index is 0.376. The average Bonchev–Trinajstić information content (AvgIpc) is 2.82. The molecule has 0 radical (unpaired) electrons. The van der Waals surface area contributed by atoms with Crippen molar-refractivity contribution in [1.82, 2.24) is 15.5 Å². The van der Waals surface area contributed by atoms with Gasteiger partial charge in [0, 0.05) is 38.8 Å². The first-order valence-corrected chi connectivity index (χ1v) is 9.44. The van der Waals surface area contributed by atoms with Gasteiger partial charge >= 0.3 is 0 Å². The van der Waals surface area contributed by atoms with Gasteiger partial charge in [0.1, 0.15) is 0 Å². The molecule has 4 nitrogen and oxygen atoms in total. The molecule has 2 rings (SSSR count). The summed E-state index contributed by atoms with van der Waals surface area (Å²) in [7, 11) is 0. The lowest BCUT2D eigenvalue weighted by molar-refractivity contribution is 0.0782. The first kappa shape index (κ1) is 19.4. The number of hydrogen-bond acceptors (Lipinski definition) is 4. The SMILES string of the molecule is Cc1ccccc1CNC(COCC(C)C)CN1CCCNCC1. The molecule has 136 valence electrons. The van der Waals surface area contributed by atoms with Crippen LogP contribution in [0.3, 0.4) is 0 Å². The fraction of sp³-hybridized carbons (Fsp3) is 0.700. The molecule has 1 aliphatic rings. The van der Waals surface area contributed by atoms with E-state index in [-0.39, 0.29) is 0 Å². The van der Waals surface area contributed by atoms with Gasteiger partial charge in [0.05, 0.1) is 6.61 Å². The normalized spacial score (nSPS) is 17.8. The van der Waals surface area contributed by atoms with E-state index in [1.807, 2.05) is 0 Å². The molecule has 1 heterocycles. The molecule has 0 amide bonds. The quantitative estimate of drug-likeness (QED) is 0.728. The predicted octanol–water partition coefficient (Wildman–Crippen LogP) is 2.42. The van der Waals surface area contributed by atoms with Crippen molar-refractivity contribution < 1.29 is 4.74 Å². The molecule has 1 atom stereocenters. The highest BCUT2D eigenvalue weighted by Gasteiger charge is 2.16. The smallest absolute Gasteiger partial charge is 0.0632 e. The maximum atomic E-state index is 5.94. The van der Waals surface area contributed by atoms with Gasteiger partial charge in [-0.3, -0.25) is 0 Å². The van der Waals surface area contributed by atoms with Gasteiger partial charge in [0.15, 0.2) is 0 Å². The Morgan fingerprint density at radius 1 is 1.17 bits per heavy atom. The summed E-state index contributed by atoms with van der Waals surface area (Å²) in [6.07, 6.45) is 1.23. The van der Waals surface area contributed by atoms with Gasteiger partial charge in [0.2, 0.25) is 0 Å². The first-order valence-electron chi connectivity index (χ1n) is 9.44. The van der Waals surface area contributed by atoms with Crippen molar-refractivity contribution in [2.45, 2.75) is 39.8 Å². The lowest BCUT2D eigenvalue weighted by Crippen LogP contribution is -2.45. The van der Waals surface area contributed by atoms with Crippen LogP contribution in [0.5, 0.6) is 0 Å². The summed E-state index contributed by atoms with van der Waals surface area (Å²) in [5.41, 5.74) is 2.73. The zero-order valence-electron chi connectivity index (χ0n) is 15.7. The Morgan fingerprint density at radius 3 is 2.79 bits per heavy atom. The van der Waals surface area contributed by atoms with Crippen molar-refractivity contribution in [3.8, 4) is 0 Å². The molecular weight excluding hydrogens is 298 g/mol. The molecule has 1 fully saturated rings. The first-order chi connectivity index (χ1) is 11.6. The monoisotopic (exact) mass is 333 g/mol. The molecule has 4 heteroatoms. The van der Waals surface area contributed by atoms with E-state index in [0.717, 1.165) is 45.9 Å². The summed E-state index contributed by atoms with van der Waals surface area (Å²) in [5.74, 6) is 0.587.